The van der Waals surface area contributed by atoms with Crippen molar-refractivity contribution in [2.24, 2.45) is 0 Å². The molecular formula is C36H21N5O. The summed E-state index contributed by atoms with van der Waals surface area (Å²) in [6.07, 6.45) is 3.68. The van der Waals surface area contributed by atoms with Gasteiger partial charge >= 0.3 is 0 Å². The fourth-order valence-corrected chi connectivity index (χ4v) is 6.01. The van der Waals surface area contributed by atoms with Gasteiger partial charge in [-0.05, 0) is 24.3 Å². The Balaban J connectivity index is 1.44. The van der Waals surface area contributed by atoms with Crippen LogP contribution in [0.2, 0.25) is 0 Å². The molecule has 0 unspecified atom stereocenters. The molecule has 0 saturated carbocycles. The summed E-state index contributed by atoms with van der Waals surface area (Å²) >= 11 is 0. The number of hydrogen-bond acceptors (Lipinski definition) is 5. The minimum atomic E-state index is 0.538. The number of fused-ring (bicyclic) bond motifs is 9. The predicted octanol–water partition coefficient (Wildman–Crippen LogP) is 8.75. The maximum Gasteiger partial charge on any atom is 0.238 e. The number of rotatable bonds is 3. The average Bonchev–Trinajstić information content (AvgIpc) is 3.62. The second-order valence-corrected chi connectivity index (χ2v) is 10.3. The van der Waals surface area contributed by atoms with Crippen LogP contribution < -0.4 is 0 Å². The number of pyridine rings is 1. The SMILES string of the molecule is c1ccc(-c2nc(-c3ccccc3)nc(-n3c4ccccc4c4ccc5c6ccc7cnccc7c6oc5c43)n2)cc1. The molecule has 6 heteroatoms. The fourth-order valence-electron chi connectivity index (χ4n) is 6.01. The van der Waals surface area contributed by atoms with Crippen LogP contribution in [0.25, 0.3) is 83.2 Å². The molecule has 0 amide bonds. The zero-order valence-corrected chi connectivity index (χ0v) is 22.3. The van der Waals surface area contributed by atoms with Crippen LogP contribution in [-0.4, -0.2) is 24.5 Å². The summed E-state index contributed by atoms with van der Waals surface area (Å²) in [4.78, 5) is 19.4. The van der Waals surface area contributed by atoms with Gasteiger partial charge in [0.1, 0.15) is 11.1 Å². The van der Waals surface area contributed by atoms with E-state index in [1.54, 1.807) is 0 Å². The van der Waals surface area contributed by atoms with E-state index < -0.39 is 0 Å². The number of para-hydroxylation sites is 1. The third-order valence-corrected chi connectivity index (χ3v) is 7.94. The van der Waals surface area contributed by atoms with Crippen molar-refractivity contribution in [2.75, 3.05) is 0 Å². The number of nitrogens with zero attached hydrogens (tertiary/aromatic N) is 5. The van der Waals surface area contributed by atoms with Gasteiger partial charge in [-0.25, -0.2) is 4.98 Å². The molecule has 0 radical (unpaired) electrons. The molecule has 9 aromatic rings. The van der Waals surface area contributed by atoms with Crippen molar-refractivity contribution in [3.8, 4) is 28.7 Å². The van der Waals surface area contributed by atoms with E-state index in [1.807, 2.05) is 85.2 Å². The van der Waals surface area contributed by atoms with Crippen molar-refractivity contribution in [3.63, 3.8) is 0 Å². The topological polar surface area (TPSA) is 69.6 Å². The Morgan fingerprint density at radius 1 is 0.500 bits per heavy atom. The van der Waals surface area contributed by atoms with Gasteiger partial charge in [0.2, 0.25) is 5.95 Å². The predicted molar refractivity (Wildman–Crippen MR) is 168 cm³/mol. The highest BCUT2D eigenvalue weighted by Gasteiger charge is 2.22. The minimum Gasteiger partial charge on any atom is -0.453 e. The monoisotopic (exact) mass is 539 g/mol. The lowest BCUT2D eigenvalue weighted by Crippen LogP contribution is -2.06. The second-order valence-electron chi connectivity index (χ2n) is 10.3. The van der Waals surface area contributed by atoms with Gasteiger partial charge in [-0.2, -0.15) is 9.97 Å². The molecule has 0 aliphatic rings. The highest BCUT2D eigenvalue weighted by atomic mass is 16.3. The molecule has 0 spiro atoms. The van der Waals surface area contributed by atoms with Gasteiger partial charge in [-0.15, -0.1) is 0 Å². The van der Waals surface area contributed by atoms with Crippen molar-refractivity contribution >= 4 is 54.5 Å². The van der Waals surface area contributed by atoms with E-state index in [-0.39, 0.29) is 0 Å². The molecule has 9 rings (SSSR count). The van der Waals surface area contributed by atoms with Gasteiger partial charge in [0, 0.05) is 55.8 Å². The van der Waals surface area contributed by atoms with Gasteiger partial charge < -0.3 is 4.42 Å². The van der Waals surface area contributed by atoms with E-state index in [1.165, 1.54) is 0 Å². The number of benzene rings is 5. The van der Waals surface area contributed by atoms with Gasteiger partial charge in [-0.1, -0.05) is 91.0 Å². The van der Waals surface area contributed by atoms with E-state index in [0.29, 0.717) is 17.6 Å². The van der Waals surface area contributed by atoms with Gasteiger partial charge in [-0.3, -0.25) is 9.55 Å². The lowest BCUT2D eigenvalue weighted by atomic mass is 10.1. The number of hydrogen-bond donors (Lipinski definition) is 0. The molecule has 4 heterocycles. The summed E-state index contributed by atoms with van der Waals surface area (Å²) in [5, 5.41) is 6.36. The van der Waals surface area contributed by atoms with Crippen LogP contribution in [-0.2, 0) is 0 Å². The fraction of sp³-hybridized carbons (Fsp3) is 0. The molecule has 6 nitrogen and oxygen atoms in total. The second kappa shape index (κ2) is 8.81. The van der Waals surface area contributed by atoms with Crippen molar-refractivity contribution in [1.29, 1.82) is 0 Å². The van der Waals surface area contributed by atoms with E-state index in [2.05, 4.69) is 52.0 Å². The normalized spacial score (nSPS) is 11.8. The standard InChI is InChI=1S/C36H21N5O/c1-3-9-22(10-4-1)34-38-35(23-11-5-2-6-12-23)40-36(39-34)41-30-14-8-7-13-26(30)27-17-18-29-28-16-15-24-21-37-20-19-25(24)32(28)42-33(29)31(27)41/h1-21H. The molecule has 4 aromatic heterocycles. The Labute approximate surface area is 239 Å². The highest BCUT2D eigenvalue weighted by Crippen LogP contribution is 2.41. The van der Waals surface area contributed by atoms with Crippen molar-refractivity contribution < 1.29 is 4.42 Å². The summed E-state index contributed by atoms with van der Waals surface area (Å²) in [7, 11) is 0. The smallest absolute Gasteiger partial charge is 0.238 e. The molecule has 0 saturated heterocycles. The van der Waals surface area contributed by atoms with Gasteiger partial charge in [0.15, 0.2) is 17.2 Å². The van der Waals surface area contributed by atoms with Gasteiger partial charge in [0.05, 0.1) is 5.52 Å². The summed E-state index contributed by atoms with van der Waals surface area (Å²) in [6, 6.07) is 39.0. The molecule has 0 fully saturated rings. The molecule has 0 atom stereocenters. The zero-order valence-electron chi connectivity index (χ0n) is 22.3. The number of furan rings is 1. The molecule has 0 N–H and O–H groups in total. The lowest BCUT2D eigenvalue weighted by Gasteiger charge is -2.11. The summed E-state index contributed by atoms with van der Waals surface area (Å²) < 4.78 is 8.91. The number of aromatic nitrogens is 5. The van der Waals surface area contributed by atoms with Crippen molar-refractivity contribution in [2.45, 2.75) is 0 Å². The Kier molecular flexibility index (Phi) is 4.80. The summed E-state index contributed by atoms with van der Waals surface area (Å²) in [5.41, 5.74) is 5.42. The minimum absolute atomic E-state index is 0.538. The molecule has 5 aromatic carbocycles. The Hall–Kier alpha value is -5.88. The van der Waals surface area contributed by atoms with E-state index >= 15 is 0 Å². The first kappa shape index (κ1) is 22.9. The van der Waals surface area contributed by atoms with E-state index in [4.69, 9.17) is 19.4 Å². The first-order valence-corrected chi connectivity index (χ1v) is 13.8. The molecule has 42 heavy (non-hydrogen) atoms. The van der Waals surface area contributed by atoms with Crippen LogP contribution in [0, 0.1) is 0 Å². The van der Waals surface area contributed by atoms with E-state index in [9.17, 15) is 0 Å². The van der Waals surface area contributed by atoms with Crippen LogP contribution in [0.15, 0.2) is 132 Å². The van der Waals surface area contributed by atoms with Crippen LogP contribution in [0.1, 0.15) is 0 Å². The quantitative estimate of drug-likeness (QED) is 0.224. The van der Waals surface area contributed by atoms with Crippen LogP contribution in [0.4, 0.5) is 0 Å². The van der Waals surface area contributed by atoms with Gasteiger partial charge in [0.25, 0.3) is 0 Å². The first-order chi connectivity index (χ1) is 20.8. The molecule has 0 aliphatic carbocycles. The third kappa shape index (κ3) is 3.32. The summed E-state index contributed by atoms with van der Waals surface area (Å²) in [6.45, 7) is 0. The van der Waals surface area contributed by atoms with Crippen LogP contribution in [0.3, 0.4) is 0 Å². The molecule has 196 valence electrons. The molecule has 0 bridgehead atoms. The first-order valence-electron chi connectivity index (χ1n) is 13.8. The maximum atomic E-state index is 6.78. The van der Waals surface area contributed by atoms with Crippen molar-refractivity contribution in [3.05, 3.63) is 128 Å². The zero-order chi connectivity index (χ0) is 27.6. The van der Waals surface area contributed by atoms with E-state index in [0.717, 1.165) is 65.6 Å². The molecule has 0 aliphatic heterocycles. The third-order valence-electron chi connectivity index (χ3n) is 7.94. The Morgan fingerprint density at radius 2 is 1.14 bits per heavy atom. The lowest BCUT2D eigenvalue weighted by molar-refractivity contribution is 0.674. The average molecular weight is 540 g/mol. The molecular weight excluding hydrogens is 518 g/mol. The largest absolute Gasteiger partial charge is 0.453 e. The van der Waals surface area contributed by atoms with Crippen LogP contribution >= 0.6 is 0 Å². The van der Waals surface area contributed by atoms with Crippen molar-refractivity contribution in [1.82, 2.24) is 24.5 Å². The summed E-state index contributed by atoms with van der Waals surface area (Å²) in [5.74, 6) is 1.76. The highest BCUT2D eigenvalue weighted by molar-refractivity contribution is 6.23. The Morgan fingerprint density at radius 3 is 1.90 bits per heavy atom. The van der Waals surface area contributed by atoms with Crippen LogP contribution in [0.5, 0.6) is 0 Å². The maximum absolute atomic E-state index is 6.78. The Bertz CT molecular complexity index is 2400.